The predicted octanol–water partition coefficient (Wildman–Crippen LogP) is 4.06. The van der Waals surface area contributed by atoms with Gasteiger partial charge in [0.05, 0.1) is 11.5 Å². The van der Waals surface area contributed by atoms with E-state index in [1.807, 2.05) is 13.8 Å². The Kier molecular flexibility index (Phi) is 3.71. The molecule has 0 radical (unpaired) electrons. The molecule has 15 heavy (non-hydrogen) atoms. The van der Waals surface area contributed by atoms with Crippen LogP contribution in [0.15, 0.2) is 18.2 Å². The largest absolute Gasteiger partial charge is 0.207 e. The molecule has 0 amide bonds. The molecule has 1 nitrogen and oxygen atoms in total. The van der Waals surface area contributed by atoms with Gasteiger partial charge in [-0.1, -0.05) is 31.5 Å². The van der Waals surface area contributed by atoms with Crippen molar-refractivity contribution in [1.29, 1.82) is 5.26 Å². The minimum absolute atomic E-state index is 0.333. The lowest BCUT2D eigenvalue weighted by molar-refractivity contribution is 0.475. The number of halogens is 2. The number of nitriles is 1. The summed E-state index contributed by atoms with van der Waals surface area (Å²) >= 11 is 5.96. The zero-order chi connectivity index (χ0) is 11.5. The van der Waals surface area contributed by atoms with E-state index >= 15 is 0 Å². The van der Waals surface area contributed by atoms with Gasteiger partial charge in [-0.2, -0.15) is 5.26 Å². The maximum absolute atomic E-state index is 13.7. The van der Waals surface area contributed by atoms with Crippen LogP contribution in [0, 0.1) is 17.1 Å². The third-order valence-corrected chi connectivity index (χ3v) is 3.18. The summed E-state index contributed by atoms with van der Waals surface area (Å²) in [6, 6.07) is 6.71. The Morgan fingerprint density at radius 3 is 2.40 bits per heavy atom. The van der Waals surface area contributed by atoms with Crippen LogP contribution >= 0.6 is 11.6 Å². The van der Waals surface area contributed by atoms with Crippen molar-refractivity contribution < 1.29 is 4.39 Å². The highest BCUT2D eigenvalue weighted by Crippen LogP contribution is 2.37. The smallest absolute Gasteiger partial charge is 0.129 e. The van der Waals surface area contributed by atoms with Gasteiger partial charge in [0, 0.05) is 10.6 Å². The van der Waals surface area contributed by atoms with Crippen molar-refractivity contribution in [3.63, 3.8) is 0 Å². The Labute approximate surface area is 94.5 Å². The van der Waals surface area contributed by atoms with Crippen molar-refractivity contribution in [2.45, 2.75) is 32.1 Å². The van der Waals surface area contributed by atoms with Gasteiger partial charge in [0.2, 0.25) is 0 Å². The molecule has 1 aromatic rings. The molecule has 0 N–H and O–H groups in total. The molecule has 3 heteroatoms. The van der Waals surface area contributed by atoms with Gasteiger partial charge >= 0.3 is 0 Å². The summed E-state index contributed by atoms with van der Waals surface area (Å²) in [5.74, 6) is -0.396. The average Bonchev–Trinajstić information content (AvgIpc) is 2.24. The molecule has 0 unspecified atom stereocenters. The van der Waals surface area contributed by atoms with Gasteiger partial charge in [-0.15, -0.1) is 0 Å². The van der Waals surface area contributed by atoms with Crippen molar-refractivity contribution in [2.75, 3.05) is 0 Å². The number of hydrogen-bond donors (Lipinski definition) is 0. The van der Waals surface area contributed by atoms with Crippen LogP contribution in [0.25, 0.3) is 0 Å². The first-order chi connectivity index (χ1) is 7.11. The van der Waals surface area contributed by atoms with E-state index < -0.39 is 11.2 Å². The zero-order valence-electron chi connectivity index (χ0n) is 8.85. The third kappa shape index (κ3) is 1.98. The molecule has 0 atom stereocenters. The van der Waals surface area contributed by atoms with Crippen LogP contribution < -0.4 is 0 Å². The fraction of sp³-hybridized carbons (Fsp3) is 0.417. The highest BCUT2D eigenvalue weighted by Gasteiger charge is 2.33. The second kappa shape index (κ2) is 4.63. The van der Waals surface area contributed by atoms with Crippen molar-refractivity contribution in [3.8, 4) is 6.07 Å². The van der Waals surface area contributed by atoms with Gasteiger partial charge in [-0.3, -0.25) is 0 Å². The second-order valence-corrected chi connectivity index (χ2v) is 3.90. The fourth-order valence-corrected chi connectivity index (χ4v) is 2.12. The minimum Gasteiger partial charge on any atom is -0.207 e. The maximum atomic E-state index is 13.7. The lowest BCUT2D eigenvalue weighted by Crippen LogP contribution is -2.24. The van der Waals surface area contributed by atoms with Gasteiger partial charge in [-0.25, -0.2) is 4.39 Å². The molecule has 0 aromatic heterocycles. The van der Waals surface area contributed by atoms with E-state index in [1.165, 1.54) is 6.07 Å². The van der Waals surface area contributed by atoms with Crippen molar-refractivity contribution in [3.05, 3.63) is 34.6 Å². The number of rotatable bonds is 3. The topological polar surface area (TPSA) is 23.8 Å². The van der Waals surface area contributed by atoms with E-state index in [0.29, 0.717) is 23.4 Å². The van der Waals surface area contributed by atoms with Gasteiger partial charge in [0.25, 0.3) is 0 Å². The summed E-state index contributed by atoms with van der Waals surface area (Å²) in [5, 5.41) is 9.54. The normalized spacial score (nSPS) is 11.1. The summed E-state index contributed by atoms with van der Waals surface area (Å²) < 4.78 is 13.7. The quantitative estimate of drug-likeness (QED) is 0.761. The molecule has 0 spiro atoms. The molecule has 1 rings (SSSR count). The van der Waals surface area contributed by atoms with Crippen LogP contribution in [0.4, 0.5) is 4.39 Å². The van der Waals surface area contributed by atoms with E-state index in [2.05, 4.69) is 6.07 Å². The fourth-order valence-electron chi connectivity index (χ4n) is 1.77. The summed E-state index contributed by atoms with van der Waals surface area (Å²) in [4.78, 5) is 0. The first-order valence-electron chi connectivity index (χ1n) is 4.97. The maximum Gasteiger partial charge on any atom is 0.129 e. The standard InChI is InChI=1S/C12H13ClFN/c1-3-12(4-2,8-15)11-9(13)6-5-7-10(11)14/h5-7H,3-4H2,1-2H3. The van der Waals surface area contributed by atoms with E-state index in [1.54, 1.807) is 12.1 Å². The summed E-state index contributed by atoms with van der Waals surface area (Å²) in [6.07, 6.45) is 1.11. The molecular formula is C12H13ClFN. The Morgan fingerprint density at radius 1 is 1.40 bits per heavy atom. The van der Waals surface area contributed by atoms with Crippen molar-refractivity contribution in [1.82, 2.24) is 0 Å². The SMILES string of the molecule is CCC(C#N)(CC)c1c(F)cccc1Cl. The van der Waals surface area contributed by atoms with E-state index in [-0.39, 0.29) is 0 Å². The van der Waals surface area contributed by atoms with Crippen LogP contribution in [0.2, 0.25) is 5.02 Å². The van der Waals surface area contributed by atoms with Crippen LogP contribution in [0.1, 0.15) is 32.3 Å². The average molecular weight is 226 g/mol. The molecule has 0 aliphatic carbocycles. The Hall–Kier alpha value is -1.07. The third-order valence-electron chi connectivity index (χ3n) is 2.86. The molecule has 0 bridgehead atoms. The lowest BCUT2D eigenvalue weighted by atomic mass is 9.77. The Balaban J connectivity index is 3.42. The second-order valence-electron chi connectivity index (χ2n) is 3.50. The minimum atomic E-state index is -0.803. The Morgan fingerprint density at radius 2 is 2.00 bits per heavy atom. The molecule has 0 saturated heterocycles. The highest BCUT2D eigenvalue weighted by atomic mass is 35.5. The first-order valence-corrected chi connectivity index (χ1v) is 5.34. The van der Waals surface area contributed by atoms with Gasteiger partial charge in [0.1, 0.15) is 5.82 Å². The van der Waals surface area contributed by atoms with Crippen LogP contribution in [0.5, 0.6) is 0 Å². The molecule has 0 fully saturated rings. The predicted molar refractivity (Wildman–Crippen MR) is 59.3 cm³/mol. The van der Waals surface area contributed by atoms with Crippen LogP contribution in [0.3, 0.4) is 0 Å². The monoisotopic (exact) mass is 225 g/mol. The van der Waals surface area contributed by atoms with E-state index in [9.17, 15) is 9.65 Å². The van der Waals surface area contributed by atoms with Crippen molar-refractivity contribution in [2.24, 2.45) is 0 Å². The lowest BCUT2D eigenvalue weighted by Gasteiger charge is -2.25. The number of hydrogen-bond acceptors (Lipinski definition) is 1. The molecule has 0 aliphatic heterocycles. The highest BCUT2D eigenvalue weighted by molar-refractivity contribution is 6.31. The molecule has 80 valence electrons. The van der Waals surface area contributed by atoms with Crippen LogP contribution in [-0.4, -0.2) is 0 Å². The number of nitrogens with zero attached hydrogens (tertiary/aromatic N) is 1. The molecular weight excluding hydrogens is 213 g/mol. The molecule has 0 heterocycles. The molecule has 1 aromatic carbocycles. The number of benzene rings is 1. The van der Waals surface area contributed by atoms with Gasteiger partial charge in [-0.05, 0) is 25.0 Å². The first kappa shape index (κ1) is 12.0. The summed E-state index contributed by atoms with van der Waals surface area (Å²) in [7, 11) is 0. The van der Waals surface area contributed by atoms with Crippen LogP contribution in [-0.2, 0) is 5.41 Å². The molecule has 0 aliphatic rings. The van der Waals surface area contributed by atoms with Crippen molar-refractivity contribution >= 4 is 11.6 Å². The van der Waals surface area contributed by atoms with Gasteiger partial charge in [0.15, 0.2) is 0 Å². The zero-order valence-corrected chi connectivity index (χ0v) is 9.61. The van der Waals surface area contributed by atoms with E-state index in [0.717, 1.165) is 0 Å². The van der Waals surface area contributed by atoms with Gasteiger partial charge < -0.3 is 0 Å². The summed E-state index contributed by atoms with van der Waals surface area (Å²) in [5.41, 5.74) is -0.471. The molecule has 0 saturated carbocycles. The van der Waals surface area contributed by atoms with E-state index in [4.69, 9.17) is 11.6 Å². The summed E-state index contributed by atoms with van der Waals surface area (Å²) in [6.45, 7) is 3.74. The Bertz CT molecular complexity index is 371.